The summed E-state index contributed by atoms with van der Waals surface area (Å²) in [6, 6.07) is 3.81. The third-order valence-corrected chi connectivity index (χ3v) is 4.45. The molecule has 20 heavy (non-hydrogen) atoms. The first kappa shape index (κ1) is 15.0. The Labute approximate surface area is 123 Å². The van der Waals surface area contributed by atoms with Gasteiger partial charge in [0, 0.05) is 13.1 Å². The number of nitrogens with one attached hydrogen (secondary N) is 2. The van der Waals surface area contributed by atoms with E-state index in [1.165, 1.54) is 16.2 Å². The SMILES string of the molecule is CC1CNCCC1NC(=O)CN(C)C(=O)c1cccs1. The van der Waals surface area contributed by atoms with Crippen LogP contribution in [0.5, 0.6) is 0 Å². The van der Waals surface area contributed by atoms with Crippen molar-refractivity contribution in [3.05, 3.63) is 22.4 Å². The van der Waals surface area contributed by atoms with E-state index >= 15 is 0 Å². The van der Waals surface area contributed by atoms with Crippen LogP contribution in [0, 0.1) is 5.92 Å². The number of carbonyl (C=O) groups excluding carboxylic acids is 2. The molecule has 1 aliphatic heterocycles. The van der Waals surface area contributed by atoms with Crippen LogP contribution in [0.2, 0.25) is 0 Å². The molecule has 1 aliphatic rings. The number of hydrogen-bond donors (Lipinski definition) is 2. The largest absolute Gasteiger partial charge is 0.351 e. The van der Waals surface area contributed by atoms with Crippen molar-refractivity contribution in [2.24, 2.45) is 5.92 Å². The summed E-state index contributed by atoms with van der Waals surface area (Å²) in [5.41, 5.74) is 0. The van der Waals surface area contributed by atoms with Gasteiger partial charge in [0.1, 0.15) is 0 Å². The molecule has 2 rings (SSSR count). The fourth-order valence-electron chi connectivity index (χ4n) is 2.36. The van der Waals surface area contributed by atoms with E-state index in [1.54, 1.807) is 13.1 Å². The third-order valence-electron chi connectivity index (χ3n) is 3.59. The fourth-order valence-corrected chi connectivity index (χ4v) is 3.07. The number of amides is 2. The first-order valence-corrected chi connectivity index (χ1v) is 7.75. The molecule has 0 bridgehead atoms. The van der Waals surface area contributed by atoms with Gasteiger partial charge in [-0.15, -0.1) is 11.3 Å². The Bertz CT molecular complexity index is 461. The summed E-state index contributed by atoms with van der Waals surface area (Å²) in [6.07, 6.45) is 0.940. The van der Waals surface area contributed by atoms with E-state index in [9.17, 15) is 9.59 Å². The molecule has 0 aromatic carbocycles. The van der Waals surface area contributed by atoms with Crippen molar-refractivity contribution in [3.8, 4) is 0 Å². The minimum atomic E-state index is -0.103. The first-order valence-electron chi connectivity index (χ1n) is 6.87. The highest BCUT2D eigenvalue weighted by Gasteiger charge is 2.23. The number of likely N-dealkylation sites (N-methyl/N-ethyl adjacent to an activating group) is 1. The van der Waals surface area contributed by atoms with Gasteiger partial charge in [-0.2, -0.15) is 0 Å². The molecule has 0 radical (unpaired) electrons. The van der Waals surface area contributed by atoms with E-state index in [2.05, 4.69) is 17.6 Å². The zero-order chi connectivity index (χ0) is 14.5. The minimum absolute atomic E-state index is 0.0869. The lowest BCUT2D eigenvalue weighted by Crippen LogP contribution is -2.50. The molecule has 0 spiro atoms. The van der Waals surface area contributed by atoms with Gasteiger partial charge in [-0.25, -0.2) is 0 Å². The van der Waals surface area contributed by atoms with Crippen LogP contribution in [0.3, 0.4) is 0 Å². The van der Waals surface area contributed by atoms with Gasteiger partial charge in [-0.3, -0.25) is 9.59 Å². The van der Waals surface area contributed by atoms with Crippen LogP contribution in [0.1, 0.15) is 23.0 Å². The van der Waals surface area contributed by atoms with Crippen LogP contribution in [0.4, 0.5) is 0 Å². The smallest absolute Gasteiger partial charge is 0.264 e. The molecule has 2 N–H and O–H groups in total. The summed E-state index contributed by atoms with van der Waals surface area (Å²) in [6.45, 7) is 4.08. The Morgan fingerprint density at radius 3 is 3.00 bits per heavy atom. The summed E-state index contributed by atoms with van der Waals surface area (Å²) in [7, 11) is 1.66. The second kappa shape index (κ2) is 6.85. The molecule has 110 valence electrons. The second-order valence-electron chi connectivity index (χ2n) is 5.28. The first-order chi connectivity index (χ1) is 9.58. The quantitative estimate of drug-likeness (QED) is 0.869. The highest BCUT2D eigenvalue weighted by atomic mass is 32.1. The molecular weight excluding hydrogens is 274 g/mol. The summed E-state index contributed by atoms with van der Waals surface area (Å²) < 4.78 is 0. The number of nitrogens with zero attached hydrogens (tertiary/aromatic N) is 1. The summed E-state index contributed by atoms with van der Waals surface area (Å²) in [4.78, 5) is 26.2. The van der Waals surface area contributed by atoms with Gasteiger partial charge >= 0.3 is 0 Å². The predicted octanol–water partition coefficient (Wildman–Crippen LogP) is 0.934. The van der Waals surface area contributed by atoms with Crippen molar-refractivity contribution in [1.82, 2.24) is 15.5 Å². The Morgan fingerprint density at radius 1 is 1.55 bits per heavy atom. The van der Waals surface area contributed by atoms with Crippen molar-refractivity contribution >= 4 is 23.2 Å². The number of thiophene rings is 1. The number of hydrogen-bond acceptors (Lipinski definition) is 4. The summed E-state index contributed by atoms with van der Waals surface area (Å²) >= 11 is 1.39. The molecule has 5 nitrogen and oxygen atoms in total. The fraction of sp³-hybridized carbons (Fsp3) is 0.571. The minimum Gasteiger partial charge on any atom is -0.351 e. The van der Waals surface area contributed by atoms with Crippen molar-refractivity contribution in [2.75, 3.05) is 26.7 Å². The molecule has 1 saturated heterocycles. The van der Waals surface area contributed by atoms with Crippen LogP contribution in [-0.2, 0) is 4.79 Å². The summed E-state index contributed by atoms with van der Waals surface area (Å²) in [5, 5.41) is 8.19. The van der Waals surface area contributed by atoms with E-state index in [4.69, 9.17) is 0 Å². The van der Waals surface area contributed by atoms with Gasteiger partial charge in [-0.05, 0) is 36.9 Å². The molecule has 1 aromatic heterocycles. The Hall–Kier alpha value is -1.40. The molecule has 1 aromatic rings. The highest BCUT2D eigenvalue weighted by Crippen LogP contribution is 2.12. The molecule has 2 heterocycles. The second-order valence-corrected chi connectivity index (χ2v) is 6.23. The maximum atomic E-state index is 12.0. The van der Waals surface area contributed by atoms with Gasteiger partial charge in [0.2, 0.25) is 5.91 Å². The average molecular weight is 295 g/mol. The van der Waals surface area contributed by atoms with Crippen LogP contribution < -0.4 is 10.6 Å². The van der Waals surface area contributed by atoms with Gasteiger partial charge in [0.15, 0.2) is 0 Å². The Morgan fingerprint density at radius 2 is 2.35 bits per heavy atom. The van der Waals surface area contributed by atoms with Gasteiger partial charge in [0.25, 0.3) is 5.91 Å². The molecule has 2 unspecified atom stereocenters. The monoisotopic (exact) mass is 295 g/mol. The van der Waals surface area contributed by atoms with E-state index in [-0.39, 0.29) is 24.4 Å². The van der Waals surface area contributed by atoms with Gasteiger partial charge in [0.05, 0.1) is 11.4 Å². The van der Waals surface area contributed by atoms with Gasteiger partial charge < -0.3 is 15.5 Å². The average Bonchev–Trinajstić information content (AvgIpc) is 2.94. The van der Waals surface area contributed by atoms with Crippen molar-refractivity contribution in [2.45, 2.75) is 19.4 Å². The maximum absolute atomic E-state index is 12.0. The molecule has 0 saturated carbocycles. The molecular formula is C14H21N3O2S. The van der Waals surface area contributed by atoms with E-state index in [0.717, 1.165) is 19.5 Å². The lowest BCUT2D eigenvalue weighted by molar-refractivity contribution is -0.122. The molecule has 2 amide bonds. The van der Waals surface area contributed by atoms with E-state index in [0.29, 0.717) is 10.8 Å². The van der Waals surface area contributed by atoms with Crippen LogP contribution >= 0.6 is 11.3 Å². The van der Waals surface area contributed by atoms with E-state index in [1.807, 2.05) is 11.4 Å². The van der Waals surface area contributed by atoms with Crippen LogP contribution in [0.25, 0.3) is 0 Å². The summed E-state index contributed by atoms with van der Waals surface area (Å²) in [5.74, 6) is 0.232. The third kappa shape index (κ3) is 3.80. The normalized spacial score (nSPS) is 22.3. The standard InChI is InChI=1S/C14H21N3O2S/c1-10-8-15-6-5-11(10)16-13(18)9-17(2)14(19)12-4-3-7-20-12/h3-4,7,10-11,15H,5-6,8-9H2,1-2H3,(H,16,18). The Balaban J connectivity index is 1.83. The molecule has 2 atom stereocenters. The molecule has 6 heteroatoms. The number of carbonyl (C=O) groups is 2. The predicted molar refractivity (Wildman–Crippen MR) is 79.9 cm³/mol. The lowest BCUT2D eigenvalue weighted by atomic mass is 9.95. The van der Waals surface area contributed by atoms with E-state index < -0.39 is 0 Å². The number of piperidine rings is 1. The topological polar surface area (TPSA) is 61.4 Å². The molecule has 1 fully saturated rings. The highest BCUT2D eigenvalue weighted by molar-refractivity contribution is 7.12. The van der Waals surface area contributed by atoms with Crippen molar-refractivity contribution < 1.29 is 9.59 Å². The number of rotatable bonds is 4. The zero-order valence-electron chi connectivity index (χ0n) is 11.9. The van der Waals surface area contributed by atoms with Gasteiger partial charge in [-0.1, -0.05) is 13.0 Å². The lowest BCUT2D eigenvalue weighted by Gasteiger charge is -2.30. The molecule has 0 aliphatic carbocycles. The van der Waals surface area contributed by atoms with Crippen molar-refractivity contribution in [3.63, 3.8) is 0 Å². The Kier molecular flexibility index (Phi) is 5.14. The van der Waals surface area contributed by atoms with Crippen LogP contribution in [0.15, 0.2) is 17.5 Å². The zero-order valence-corrected chi connectivity index (χ0v) is 12.7. The van der Waals surface area contributed by atoms with Crippen LogP contribution in [-0.4, -0.2) is 49.4 Å². The van der Waals surface area contributed by atoms with Crippen molar-refractivity contribution in [1.29, 1.82) is 0 Å². The maximum Gasteiger partial charge on any atom is 0.264 e.